The van der Waals surface area contributed by atoms with Crippen LogP contribution in [0.15, 0.2) is 18.5 Å². The van der Waals surface area contributed by atoms with Gasteiger partial charge in [0.2, 0.25) is 5.60 Å². The molecule has 14 heteroatoms. The molecule has 2 aliphatic heterocycles. The molecule has 2 saturated heterocycles. The van der Waals surface area contributed by atoms with E-state index in [4.69, 9.17) is 28.8 Å². The number of ether oxygens (including phenoxy) is 2. The van der Waals surface area contributed by atoms with Gasteiger partial charge >= 0.3 is 13.8 Å². The highest BCUT2D eigenvalue weighted by Crippen LogP contribution is 2.58. The van der Waals surface area contributed by atoms with Crippen molar-refractivity contribution in [3.8, 4) is 6.07 Å². The normalized spacial score (nSPS) is 32.7. The quantitative estimate of drug-likeness (QED) is 0.467. The summed E-state index contributed by atoms with van der Waals surface area (Å²) < 4.78 is 40.4. The van der Waals surface area contributed by atoms with Crippen LogP contribution in [0.25, 0.3) is 5.52 Å². The molecular formula is C17H20N5O8P. The van der Waals surface area contributed by atoms with Crippen LogP contribution in [0, 0.1) is 11.3 Å². The molecule has 0 spiro atoms. The van der Waals surface area contributed by atoms with E-state index in [0.717, 1.165) is 0 Å². The minimum Gasteiger partial charge on any atom is -0.461 e. The summed E-state index contributed by atoms with van der Waals surface area (Å²) in [5.41, 5.74) is 4.51. The number of aliphatic hydroxyl groups is 1. The number of nitrogens with two attached hydrogens (primary N) is 1. The number of anilines is 1. The van der Waals surface area contributed by atoms with Crippen molar-refractivity contribution in [1.29, 1.82) is 5.26 Å². The fourth-order valence-electron chi connectivity index (χ4n) is 3.50. The predicted octanol–water partition coefficient (Wildman–Crippen LogP) is 0.282. The van der Waals surface area contributed by atoms with Crippen LogP contribution in [-0.2, 0) is 38.0 Å². The first-order chi connectivity index (χ1) is 14.7. The Hall–Kier alpha value is -2.59. The smallest absolute Gasteiger partial charge is 0.461 e. The molecule has 5 atom stereocenters. The molecule has 2 aromatic heterocycles. The van der Waals surface area contributed by atoms with Gasteiger partial charge in [-0.15, -0.1) is 0 Å². The number of carbonyl (C=O) groups is 1. The van der Waals surface area contributed by atoms with Gasteiger partial charge < -0.3 is 20.3 Å². The van der Waals surface area contributed by atoms with E-state index in [1.807, 2.05) is 6.07 Å². The lowest BCUT2D eigenvalue weighted by Crippen LogP contribution is -2.43. The lowest BCUT2D eigenvalue weighted by Gasteiger charge is -2.30. The summed E-state index contributed by atoms with van der Waals surface area (Å²) in [6.45, 7) is 2.32. The Balaban J connectivity index is 1.58. The number of rotatable bonds is 5. The summed E-state index contributed by atoms with van der Waals surface area (Å²) >= 11 is 0. The molecule has 0 unspecified atom stereocenters. The highest BCUT2D eigenvalue weighted by Gasteiger charge is 2.62. The lowest BCUT2D eigenvalue weighted by molar-refractivity contribution is -0.151. The van der Waals surface area contributed by atoms with E-state index in [2.05, 4.69) is 10.1 Å². The van der Waals surface area contributed by atoms with Crippen molar-refractivity contribution in [2.24, 2.45) is 0 Å². The van der Waals surface area contributed by atoms with Gasteiger partial charge in [0, 0.05) is 0 Å². The van der Waals surface area contributed by atoms with Gasteiger partial charge in [0.15, 0.2) is 12.4 Å². The Morgan fingerprint density at radius 2 is 2.32 bits per heavy atom. The van der Waals surface area contributed by atoms with E-state index in [9.17, 15) is 19.7 Å². The van der Waals surface area contributed by atoms with Crippen molar-refractivity contribution in [3.63, 3.8) is 0 Å². The van der Waals surface area contributed by atoms with Crippen molar-refractivity contribution in [1.82, 2.24) is 14.6 Å². The average Bonchev–Trinajstić information content (AvgIpc) is 3.27. The first kappa shape index (κ1) is 21.6. The molecule has 2 aromatic rings. The highest BCUT2D eigenvalue weighted by molar-refractivity contribution is 7.48. The predicted molar refractivity (Wildman–Crippen MR) is 101 cm³/mol. The molecule has 31 heavy (non-hydrogen) atoms. The second-order valence-electron chi connectivity index (χ2n) is 7.23. The zero-order chi connectivity index (χ0) is 22.4. The van der Waals surface area contributed by atoms with Crippen LogP contribution in [0.1, 0.15) is 19.5 Å². The number of nitriles is 1. The Bertz CT molecular complexity index is 1100. The second-order valence-corrected chi connectivity index (χ2v) is 8.86. The molecule has 13 nitrogen and oxygen atoms in total. The maximum absolute atomic E-state index is 12.8. The Kier molecular flexibility index (Phi) is 5.47. The summed E-state index contributed by atoms with van der Waals surface area (Å²) in [5, 5.41) is 25.0. The van der Waals surface area contributed by atoms with E-state index < -0.39 is 44.3 Å². The van der Waals surface area contributed by atoms with Gasteiger partial charge in [-0.3, -0.25) is 13.6 Å². The number of aromatic nitrogens is 3. The molecular weight excluding hydrogens is 433 g/mol. The molecule has 0 aliphatic carbocycles. The summed E-state index contributed by atoms with van der Waals surface area (Å²) in [6.07, 6.45) is -2.94. The van der Waals surface area contributed by atoms with Crippen molar-refractivity contribution < 1.29 is 37.5 Å². The lowest BCUT2D eigenvalue weighted by atomic mass is 9.92. The van der Waals surface area contributed by atoms with Gasteiger partial charge in [0.05, 0.1) is 18.4 Å². The monoisotopic (exact) mass is 453 g/mol. The zero-order valence-corrected chi connectivity index (χ0v) is 17.5. The summed E-state index contributed by atoms with van der Waals surface area (Å²) in [6, 6.07) is 5.06. The van der Waals surface area contributed by atoms with E-state index in [1.54, 1.807) is 19.9 Å². The maximum Gasteiger partial charge on any atom is 0.475 e. The fraction of sp³-hybridized carbons (Fsp3) is 0.529. The number of hydrogen-bond acceptors (Lipinski definition) is 12. The summed E-state index contributed by atoms with van der Waals surface area (Å²) in [7, 11) is -4.22. The number of esters is 1. The second kappa shape index (κ2) is 7.83. The Labute approximate surface area is 176 Å². The number of phosphoric acid groups is 1. The highest BCUT2D eigenvalue weighted by atomic mass is 31.2. The van der Waals surface area contributed by atoms with Gasteiger partial charge in [-0.2, -0.15) is 10.4 Å². The largest absolute Gasteiger partial charge is 0.475 e. The molecule has 3 N–H and O–H groups in total. The van der Waals surface area contributed by atoms with Crippen LogP contribution in [-0.4, -0.2) is 63.3 Å². The first-order valence-corrected chi connectivity index (χ1v) is 10.8. The molecule has 2 fully saturated rings. The number of nitrogens with zero attached hydrogens (tertiary/aromatic N) is 4. The van der Waals surface area contributed by atoms with Crippen LogP contribution in [0.2, 0.25) is 0 Å². The van der Waals surface area contributed by atoms with E-state index >= 15 is 0 Å². The molecule has 166 valence electrons. The Morgan fingerprint density at radius 1 is 1.55 bits per heavy atom. The van der Waals surface area contributed by atoms with Gasteiger partial charge in [-0.1, -0.05) is 0 Å². The van der Waals surface area contributed by atoms with Gasteiger partial charge in [-0.25, -0.2) is 18.9 Å². The molecule has 0 bridgehead atoms. The van der Waals surface area contributed by atoms with Crippen molar-refractivity contribution in [2.75, 3.05) is 18.9 Å². The minimum absolute atomic E-state index is 0.171. The third kappa shape index (κ3) is 3.67. The van der Waals surface area contributed by atoms with Crippen LogP contribution in [0.3, 0.4) is 0 Å². The minimum atomic E-state index is -4.22. The first-order valence-electron chi connectivity index (χ1n) is 9.32. The van der Waals surface area contributed by atoms with Crippen LogP contribution in [0.5, 0.6) is 0 Å². The van der Waals surface area contributed by atoms with Crippen LogP contribution >= 0.6 is 7.82 Å². The number of nitrogen functional groups attached to an aromatic ring is 1. The van der Waals surface area contributed by atoms with Crippen molar-refractivity contribution >= 4 is 25.1 Å². The molecule has 0 radical (unpaired) electrons. The zero-order valence-electron chi connectivity index (χ0n) is 16.6. The van der Waals surface area contributed by atoms with Crippen molar-refractivity contribution in [2.45, 2.75) is 43.9 Å². The molecule has 0 aromatic carbocycles. The molecule has 4 heterocycles. The van der Waals surface area contributed by atoms with E-state index in [1.165, 1.54) is 16.9 Å². The number of phosphoric ester groups is 1. The van der Waals surface area contributed by atoms with Gasteiger partial charge in [-0.05, 0) is 26.0 Å². The van der Waals surface area contributed by atoms with E-state index in [-0.39, 0.29) is 24.2 Å². The number of hydrogen-bond donors (Lipinski definition) is 2. The third-order valence-electron chi connectivity index (χ3n) is 4.82. The maximum atomic E-state index is 12.8. The molecule has 0 saturated carbocycles. The average molecular weight is 453 g/mol. The molecule has 2 aliphatic rings. The van der Waals surface area contributed by atoms with Crippen LogP contribution < -0.4 is 5.73 Å². The standard InChI is InChI=1S/C17H20N5O8P/c1-9(2)28-13(23)6-27-31(25)26-5-11-14(30-31)15(24)17(7-18,29-11)12-4-3-10-16(19)20-8-21-22(10)12/h3-4,8-9,11,14-15,24H,5-6H2,1-2H3,(H2,19,20,21)/t11-,14-,15-,17+,31+/m1/s1. The topological polar surface area (TPSA) is 181 Å². The Morgan fingerprint density at radius 3 is 3.03 bits per heavy atom. The summed E-state index contributed by atoms with van der Waals surface area (Å²) in [5.74, 6) is -0.587. The fourth-order valence-corrected chi connectivity index (χ4v) is 4.84. The van der Waals surface area contributed by atoms with E-state index in [0.29, 0.717) is 5.52 Å². The number of fused-ring (bicyclic) bond motifs is 2. The third-order valence-corrected chi connectivity index (χ3v) is 6.23. The summed E-state index contributed by atoms with van der Waals surface area (Å²) in [4.78, 5) is 15.5. The molecule has 4 rings (SSSR count). The van der Waals surface area contributed by atoms with Crippen molar-refractivity contribution in [3.05, 3.63) is 24.2 Å². The van der Waals surface area contributed by atoms with Gasteiger partial charge in [0.25, 0.3) is 0 Å². The van der Waals surface area contributed by atoms with Gasteiger partial charge in [0.1, 0.15) is 36.2 Å². The molecule has 0 amide bonds. The van der Waals surface area contributed by atoms with Crippen LogP contribution in [0.4, 0.5) is 5.82 Å². The SMILES string of the molecule is CC(C)OC(=O)CO[P@]1(=O)OC[C@H]2O[C@@](C#N)(c3ccc4c(N)ncnn34)[C@H](O)[C@@H]2O1. The number of carbonyl (C=O) groups excluding carboxylic acids is 1. The number of aliphatic hydroxyl groups excluding tert-OH is 1.